The minimum absolute atomic E-state index is 0.234. The molecule has 1 atom stereocenters. The van der Waals surface area contributed by atoms with Crippen molar-refractivity contribution >= 4 is 0 Å². The molecule has 0 aliphatic rings. The summed E-state index contributed by atoms with van der Waals surface area (Å²) in [7, 11) is 3.50. The van der Waals surface area contributed by atoms with Gasteiger partial charge in [0.05, 0.1) is 6.61 Å². The van der Waals surface area contributed by atoms with Crippen molar-refractivity contribution in [3.8, 4) is 0 Å². The van der Waals surface area contributed by atoms with Gasteiger partial charge in [0.25, 0.3) is 0 Å². The first-order chi connectivity index (χ1) is 7.67. The SMILES string of the molecule is CNC(CCc1ccc(F)c(F)c1)COC. The Morgan fingerprint density at radius 1 is 1.31 bits per heavy atom. The van der Waals surface area contributed by atoms with Gasteiger partial charge in [0.15, 0.2) is 11.6 Å². The van der Waals surface area contributed by atoms with Crippen LogP contribution in [0, 0.1) is 11.6 Å². The van der Waals surface area contributed by atoms with E-state index in [-0.39, 0.29) is 6.04 Å². The minimum Gasteiger partial charge on any atom is -0.383 e. The number of halogens is 2. The fraction of sp³-hybridized carbons (Fsp3) is 0.500. The van der Waals surface area contributed by atoms with Gasteiger partial charge in [-0.25, -0.2) is 8.78 Å². The van der Waals surface area contributed by atoms with Crippen molar-refractivity contribution in [3.05, 3.63) is 35.4 Å². The number of hydrogen-bond donors (Lipinski definition) is 1. The van der Waals surface area contributed by atoms with E-state index < -0.39 is 11.6 Å². The van der Waals surface area contributed by atoms with Crippen LogP contribution < -0.4 is 5.32 Å². The van der Waals surface area contributed by atoms with Gasteiger partial charge < -0.3 is 10.1 Å². The van der Waals surface area contributed by atoms with Crippen molar-refractivity contribution in [1.82, 2.24) is 5.32 Å². The van der Waals surface area contributed by atoms with Crippen molar-refractivity contribution in [2.45, 2.75) is 18.9 Å². The Kier molecular flexibility index (Phi) is 5.35. The van der Waals surface area contributed by atoms with E-state index in [2.05, 4.69) is 5.32 Å². The molecular formula is C12H17F2NO. The quantitative estimate of drug-likeness (QED) is 0.807. The molecule has 1 unspecified atom stereocenters. The Morgan fingerprint density at radius 3 is 2.62 bits per heavy atom. The topological polar surface area (TPSA) is 21.3 Å². The van der Waals surface area contributed by atoms with Crippen LogP contribution in [0.4, 0.5) is 8.78 Å². The van der Waals surface area contributed by atoms with Crippen molar-refractivity contribution in [2.24, 2.45) is 0 Å². The third-order valence-corrected chi connectivity index (χ3v) is 2.54. The summed E-state index contributed by atoms with van der Waals surface area (Å²) in [6.45, 7) is 0.611. The number of benzene rings is 1. The van der Waals surface area contributed by atoms with Crippen molar-refractivity contribution in [1.29, 1.82) is 0 Å². The van der Waals surface area contributed by atoms with Gasteiger partial charge in [-0.2, -0.15) is 0 Å². The van der Waals surface area contributed by atoms with E-state index in [9.17, 15) is 8.78 Å². The fourth-order valence-electron chi connectivity index (χ4n) is 1.55. The van der Waals surface area contributed by atoms with Crippen LogP contribution in [0.1, 0.15) is 12.0 Å². The highest BCUT2D eigenvalue weighted by Gasteiger charge is 2.07. The maximum Gasteiger partial charge on any atom is 0.159 e. The third-order valence-electron chi connectivity index (χ3n) is 2.54. The van der Waals surface area contributed by atoms with Gasteiger partial charge in [-0.3, -0.25) is 0 Å². The van der Waals surface area contributed by atoms with Crippen LogP contribution >= 0.6 is 0 Å². The van der Waals surface area contributed by atoms with Crippen LogP contribution in [0.3, 0.4) is 0 Å². The second-order valence-electron chi connectivity index (χ2n) is 3.73. The fourth-order valence-corrected chi connectivity index (χ4v) is 1.55. The molecule has 2 nitrogen and oxygen atoms in total. The Morgan fingerprint density at radius 2 is 2.06 bits per heavy atom. The first-order valence-electron chi connectivity index (χ1n) is 5.27. The lowest BCUT2D eigenvalue weighted by Crippen LogP contribution is -2.30. The van der Waals surface area contributed by atoms with E-state index in [1.165, 1.54) is 6.07 Å². The average Bonchev–Trinajstić information content (AvgIpc) is 2.28. The molecule has 16 heavy (non-hydrogen) atoms. The predicted molar refractivity (Wildman–Crippen MR) is 59.4 cm³/mol. The van der Waals surface area contributed by atoms with Gasteiger partial charge in [-0.05, 0) is 37.6 Å². The van der Waals surface area contributed by atoms with Crippen LogP contribution in [-0.2, 0) is 11.2 Å². The second-order valence-corrected chi connectivity index (χ2v) is 3.73. The molecule has 0 spiro atoms. The lowest BCUT2D eigenvalue weighted by atomic mass is 10.1. The molecule has 90 valence electrons. The van der Waals surface area contributed by atoms with Crippen LogP contribution in [0.2, 0.25) is 0 Å². The van der Waals surface area contributed by atoms with E-state index in [1.54, 1.807) is 13.2 Å². The van der Waals surface area contributed by atoms with Crippen LogP contribution in [0.25, 0.3) is 0 Å². The van der Waals surface area contributed by atoms with Crippen molar-refractivity contribution in [3.63, 3.8) is 0 Å². The number of aryl methyl sites for hydroxylation is 1. The van der Waals surface area contributed by atoms with Gasteiger partial charge in [0, 0.05) is 13.2 Å². The van der Waals surface area contributed by atoms with E-state index in [0.717, 1.165) is 18.1 Å². The molecule has 1 aromatic carbocycles. The van der Waals surface area contributed by atoms with Gasteiger partial charge in [-0.15, -0.1) is 0 Å². The van der Waals surface area contributed by atoms with Gasteiger partial charge in [0.1, 0.15) is 0 Å². The molecule has 0 bridgehead atoms. The molecule has 0 heterocycles. The molecule has 0 saturated heterocycles. The molecule has 0 aliphatic heterocycles. The van der Waals surface area contributed by atoms with Crippen molar-refractivity contribution in [2.75, 3.05) is 20.8 Å². The van der Waals surface area contributed by atoms with Crippen LogP contribution in [-0.4, -0.2) is 26.8 Å². The predicted octanol–water partition coefficient (Wildman–Crippen LogP) is 2.13. The number of rotatable bonds is 6. The lowest BCUT2D eigenvalue weighted by molar-refractivity contribution is 0.166. The summed E-state index contributed by atoms with van der Waals surface area (Å²) >= 11 is 0. The number of likely N-dealkylation sites (N-methyl/N-ethyl adjacent to an activating group) is 1. The summed E-state index contributed by atoms with van der Waals surface area (Å²) in [5.74, 6) is -1.59. The number of hydrogen-bond acceptors (Lipinski definition) is 2. The van der Waals surface area contributed by atoms with E-state index >= 15 is 0 Å². The first-order valence-corrected chi connectivity index (χ1v) is 5.27. The lowest BCUT2D eigenvalue weighted by Gasteiger charge is -2.14. The smallest absolute Gasteiger partial charge is 0.159 e. The molecule has 0 amide bonds. The molecule has 0 saturated carbocycles. The standard InChI is InChI=1S/C12H17F2NO/c1-15-10(8-16-2)5-3-9-4-6-11(13)12(14)7-9/h4,6-7,10,15H,3,5,8H2,1-2H3. The number of methoxy groups -OCH3 is 1. The largest absolute Gasteiger partial charge is 0.383 e. The summed E-state index contributed by atoms with van der Waals surface area (Å²) in [5, 5.41) is 3.11. The molecule has 0 aromatic heterocycles. The zero-order valence-corrected chi connectivity index (χ0v) is 9.59. The molecule has 4 heteroatoms. The van der Waals surface area contributed by atoms with Crippen molar-refractivity contribution < 1.29 is 13.5 Å². The summed E-state index contributed by atoms with van der Waals surface area (Å²) < 4.78 is 30.6. The van der Waals surface area contributed by atoms with Crippen LogP contribution in [0.5, 0.6) is 0 Å². The Labute approximate surface area is 94.6 Å². The van der Waals surface area contributed by atoms with Gasteiger partial charge >= 0.3 is 0 Å². The molecule has 0 radical (unpaired) electrons. The number of nitrogens with one attached hydrogen (secondary N) is 1. The average molecular weight is 229 g/mol. The van der Waals surface area contributed by atoms with E-state index in [0.29, 0.717) is 13.0 Å². The summed E-state index contributed by atoms with van der Waals surface area (Å²) in [6, 6.07) is 4.25. The van der Waals surface area contributed by atoms with E-state index in [1.807, 2.05) is 7.05 Å². The second kappa shape index (κ2) is 6.55. The monoisotopic (exact) mass is 229 g/mol. The zero-order chi connectivity index (χ0) is 12.0. The Bertz CT molecular complexity index is 331. The van der Waals surface area contributed by atoms with Crippen LogP contribution in [0.15, 0.2) is 18.2 Å². The third kappa shape index (κ3) is 3.87. The maximum absolute atomic E-state index is 12.9. The van der Waals surface area contributed by atoms with Gasteiger partial charge in [0.2, 0.25) is 0 Å². The Hall–Kier alpha value is -1.00. The minimum atomic E-state index is -0.800. The highest BCUT2D eigenvalue weighted by atomic mass is 19.2. The number of ether oxygens (including phenoxy) is 1. The molecular weight excluding hydrogens is 212 g/mol. The molecule has 1 rings (SSSR count). The molecule has 1 N–H and O–H groups in total. The summed E-state index contributed by atoms with van der Waals surface area (Å²) in [4.78, 5) is 0. The first kappa shape index (κ1) is 13.1. The van der Waals surface area contributed by atoms with E-state index in [4.69, 9.17) is 4.74 Å². The molecule has 0 fully saturated rings. The highest BCUT2D eigenvalue weighted by molar-refractivity contribution is 5.17. The zero-order valence-electron chi connectivity index (χ0n) is 9.59. The maximum atomic E-state index is 12.9. The summed E-state index contributed by atoms with van der Waals surface area (Å²) in [5.41, 5.74) is 0.801. The molecule has 0 aliphatic carbocycles. The summed E-state index contributed by atoms with van der Waals surface area (Å²) in [6.07, 6.45) is 1.53. The highest BCUT2D eigenvalue weighted by Crippen LogP contribution is 2.11. The van der Waals surface area contributed by atoms with Gasteiger partial charge in [-0.1, -0.05) is 6.07 Å². The molecule has 1 aromatic rings. The Balaban J connectivity index is 2.50. The normalized spacial score (nSPS) is 12.8.